The molecule has 0 bridgehead atoms. The van der Waals surface area contributed by atoms with Crippen LogP contribution in [0.3, 0.4) is 0 Å². The van der Waals surface area contributed by atoms with E-state index in [1.807, 2.05) is 27.7 Å². The number of para-hydroxylation sites is 1. The summed E-state index contributed by atoms with van der Waals surface area (Å²) in [5.41, 5.74) is 0.366. The summed E-state index contributed by atoms with van der Waals surface area (Å²) < 4.78 is 5.97. The largest absolute Gasteiger partial charge is 0.491 e. The van der Waals surface area contributed by atoms with Crippen LogP contribution in [0.2, 0.25) is 0 Å². The summed E-state index contributed by atoms with van der Waals surface area (Å²) in [4.78, 5) is 39.0. The Balaban J connectivity index is 2.44. The molecule has 0 unspecified atom stereocenters. The molecule has 7 heteroatoms. The van der Waals surface area contributed by atoms with Crippen molar-refractivity contribution in [3.63, 3.8) is 0 Å². The van der Waals surface area contributed by atoms with Crippen molar-refractivity contribution in [2.75, 3.05) is 6.61 Å². The number of carbonyl (C=O) groups is 3. The normalized spacial score (nSPS) is 23.5. The van der Waals surface area contributed by atoms with E-state index in [0.29, 0.717) is 23.7 Å². The molecule has 0 fully saturated rings. The molecule has 2 rings (SSSR count). The lowest BCUT2D eigenvalue weighted by molar-refractivity contribution is -0.132. The molecule has 166 valence electrons. The first kappa shape index (κ1) is 23.7. The van der Waals surface area contributed by atoms with Crippen LogP contribution in [-0.4, -0.2) is 42.5 Å². The molecule has 1 aromatic carbocycles. The number of fused-ring (bicyclic) bond motifs is 1. The van der Waals surface area contributed by atoms with Gasteiger partial charge in [0.1, 0.15) is 24.4 Å². The topological polar surface area (TPSA) is 96.5 Å². The van der Waals surface area contributed by atoms with E-state index in [1.165, 1.54) is 0 Å². The van der Waals surface area contributed by atoms with Crippen LogP contribution >= 0.6 is 0 Å². The maximum Gasteiger partial charge on any atom is 0.255 e. The van der Waals surface area contributed by atoms with Gasteiger partial charge < -0.3 is 20.7 Å². The van der Waals surface area contributed by atoms with Crippen molar-refractivity contribution in [3.8, 4) is 5.75 Å². The summed E-state index contributed by atoms with van der Waals surface area (Å²) >= 11 is 0. The summed E-state index contributed by atoms with van der Waals surface area (Å²) in [6.07, 6.45) is 0.716. The number of amides is 3. The molecule has 0 spiro atoms. The molecule has 0 aromatic heterocycles. The number of hydrogen-bond donors (Lipinski definition) is 3. The molecular weight excluding hydrogens is 382 g/mol. The zero-order valence-electron chi connectivity index (χ0n) is 18.8. The van der Waals surface area contributed by atoms with Crippen molar-refractivity contribution < 1.29 is 19.1 Å². The third-order valence-corrected chi connectivity index (χ3v) is 5.16. The van der Waals surface area contributed by atoms with Gasteiger partial charge in [0, 0.05) is 0 Å². The fourth-order valence-electron chi connectivity index (χ4n) is 3.53. The second-order valence-corrected chi connectivity index (χ2v) is 9.07. The first-order valence-corrected chi connectivity index (χ1v) is 10.7. The van der Waals surface area contributed by atoms with Gasteiger partial charge in [-0.3, -0.25) is 14.4 Å². The molecule has 0 saturated heterocycles. The highest BCUT2D eigenvalue weighted by Crippen LogP contribution is 2.20. The highest BCUT2D eigenvalue weighted by atomic mass is 16.5. The molecule has 1 aliphatic heterocycles. The predicted molar refractivity (Wildman–Crippen MR) is 116 cm³/mol. The summed E-state index contributed by atoms with van der Waals surface area (Å²) in [6.45, 7) is 11.9. The highest BCUT2D eigenvalue weighted by Gasteiger charge is 2.32. The van der Waals surface area contributed by atoms with Gasteiger partial charge in [0.15, 0.2) is 0 Å². The summed E-state index contributed by atoms with van der Waals surface area (Å²) in [5.74, 6) is -0.484. The molecule has 0 aliphatic carbocycles. The second-order valence-electron chi connectivity index (χ2n) is 9.07. The first-order valence-electron chi connectivity index (χ1n) is 10.7. The van der Waals surface area contributed by atoms with Gasteiger partial charge in [0.05, 0.1) is 11.6 Å². The maximum absolute atomic E-state index is 13.0. The summed E-state index contributed by atoms with van der Waals surface area (Å²) in [5, 5.41) is 8.70. The van der Waals surface area contributed by atoms with Gasteiger partial charge in [-0.15, -0.1) is 0 Å². The minimum absolute atomic E-state index is 0.111. The third-order valence-electron chi connectivity index (χ3n) is 5.16. The summed E-state index contributed by atoms with van der Waals surface area (Å²) in [7, 11) is 0. The van der Waals surface area contributed by atoms with Gasteiger partial charge >= 0.3 is 0 Å². The zero-order valence-corrected chi connectivity index (χ0v) is 18.8. The third kappa shape index (κ3) is 6.21. The van der Waals surface area contributed by atoms with Crippen molar-refractivity contribution in [3.05, 3.63) is 29.8 Å². The van der Waals surface area contributed by atoms with Gasteiger partial charge in [-0.05, 0) is 36.3 Å². The van der Waals surface area contributed by atoms with E-state index in [-0.39, 0.29) is 42.2 Å². The van der Waals surface area contributed by atoms with Crippen LogP contribution in [0.25, 0.3) is 0 Å². The van der Waals surface area contributed by atoms with Crippen LogP contribution in [0, 0.1) is 17.8 Å². The molecule has 30 heavy (non-hydrogen) atoms. The van der Waals surface area contributed by atoms with Crippen molar-refractivity contribution in [1.29, 1.82) is 0 Å². The Bertz CT molecular complexity index is 761. The minimum Gasteiger partial charge on any atom is -0.491 e. The molecule has 0 radical (unpaired) electrons. The molecule has 1 aromatic rings. The number of hydrogen-bond acceptors (Lipinski definition) is 4. The lowest BCUT2D eigenvalue weighted by Gasteiger charge is -2.28. The Morgan fingerprint density at radius 2 is 1.43 bits per heavy atom. The Morgan fingerprint density at radius 1 is 0.867 bits per heavy atom. The fraction of sp³-hybridized carbons (Fsp3) is 0.609. The molecule has 0 saturated carbocycles. The lowest BCUT2D eigenvalue weighted by atomic mass is 9.98. The summed E-state index contributed by atoms with van der Waals surface area (Å²) in [6, 6.07) is 5.24. The van der Waals surface area contributed by atoms with Gasteiger partial charge in [0.2, 0.25) is 11.8 Å². The van der Waals surface area contributed by atoms with Crippen molar-refractivity contribution in [2.24, 2.45) is 17.8 Å². The Hall–Kier alpha value is -2.57. The Kier molecular flexibility index (Phi) is 8.26. The SMILES string of the molecule is CC(C)C[C@H]1COc2ccccc2C(=O)N[C@H](C(C)C)C(=O)N[C@H](C(C)C)C(=O)N1. The fourth-order valence-corrected chi connectivity index (χ4v) is 3.53. The van der Waals surface area contributed by atoms with E-state index in [1.54, 1.807) is 24.3 Å². The standard InChI is InChI=1S/C23H35N3O4/c1-13(2)11-16-12-30-18-10-8-7-9-17(18)21(27)25-20(15(5)6)23(29)26-19(14(3)4)22(28)24-16/h7-10,13-16,19-20H,11-12H2,1-6H3,(H,24,28)(H,25,27)(H,26,29)/t16-,19+,20+/m0/s1. The van der Waals surface area contributed by atoms with Crippen molar-refractivity contribution in [1.82, 2.24) is 16.0 Å². The Labute approximate surface area is 179 Å². The molecule has 1 aliphatic rings. The average Bonchev–Trinajstić information content (AvgIpc) is 2.67. The van der Waals surface area contributed by atoms with Gasteiger partial charge in [-0.2, -0.15) is 0 Å². The molecular formula is C23H35N3O4. The Morgan fingerprint density at radius 3 is 2.03 bits per heavy atom. The molecule has 1 heterocycles. The van der Waals surface area contributed by atoms with Gasteiger partial charge in [-0.1, -0.05) is 53.7 Å². The molecule has 3 amide bonds. The number of rotatable bonds is 4. The smallest absolute Gasteiger partial charge is 0.255 e. The number of nitrogens with one attached hydrogen (secondary N) is 3. The first-order chi connectivity index (χ1) is 14.1. The minimum atomic E-state index is -0.771. The van der Waals surface area contributed by atoms with Crippen molar-refractivity contribution >= 4 is 17.7 Å². The van der Waals surface area contributed by atoms with Gasteiger partial charge in [0.25, 0.3) is 5.91 Å². The van der Waals surface area contributed by atoms with Crippen LogP contribution in [0.1, 0.15) is 58.3 Å². The number of ether oxygens (including phenoxy) is 1. The average molecular weight is 418 g/mol. The van der Waals surface area contributed by atoms with Crippen LogP contribution in [0.5, 0.6) is 5.75 Å². The monoisotopic (exact) mass is 417 g/mol. The number of carbonyl (C=O) groups excluding carboxylic acids is 3. The van der Waals surface area contributed by atoms with E-state index < -0.39 is 12.1 Å². The highest BCUT2D eigenvalue weighted by molar-refractivity contribution is 6.00. The van der Waals surface area contributed by atoms with E-state index in [2.05, 4.69) is 29.8 Å². The predicted octanol–water partition coefficient (Wildman–Crippen LogP) is 2.51. The van der Waals surface area contributed by atoms with Crippen LogP contribution in [0.4, 0.5) is 0 Å². The van der Waals surface area contributed by atoms with Crippen molar-refractivity contribution in [2.45, 2.75) is 66.1 Å². The molecule has 7 nitrogen and oxygen atoms in total. The van der Waals surface area contributed by atoms with E-state index >= 15 is 0 Å². The lowest BCUT2D eigenvalue weighted by Crippen LogP contribution is -2.58. The molecule has 3 N–H and O–H groups in total. The number of benzene rings is 1. The van der Waals surface area contributed by atoms with Crippen LogP contribution < -0.4 is 20.7 Å². The van der Waals surface area contributed by atoms with E-state index in [9.17, 15) is 14.4 Å². The molecule has 3 atom stereocenters. The maximum atomic E-state index is 13.0. The quantitative estimate of drug-likeness (QED) is 0.701. The van der Waals surface area contributed by atoms with Crippen LogP contribution in [0.15, 0.2) is 24.3 Å². The van der Waals surface area contributed by atoms with Gasteiger partial charge in [-0.25, -0.2) is 0 Å². The second kappa shape index (κ2) is 10.5. The zero-order chi connectivity index (χ0) is 22.4. The van der Waals surface area contributed by atoms with E-state index in [4.69, 9.17) is 4.74 Å². The van der Waals surface area contributed by atoms with E-state index in [0.717, 1.165) is 0 Å². The van der Waals surface area contributed by atoms with Crippen LogP contribution in [-0.2, 0) is 9.59 Å².